The number of anilines is 1. The van der Waals surface area contributed by atoms with E-state index in [0.717, 1.165) is 11.1 Å². The van der Waals surface area contributed by atoms with Crippen LogP contribution in [0.1, 0.15) is 52.0 Å². The molecular weight excluding hydrogens is 544 g/mol. The summed E-state index contributed by atoms with van der Waals surface area (Å²) in [6.07, 6.45) is -3.60. The molecule has 7 nitrogen and oxygen atoms in total. The predicted octanol–water partition coefficient (Wildman–Crippen LogP) is 6.41. The van der Waals surface area contributed by atoms with E-state index in [1.165, 1.54) is 0 Å². The summed E-state index contributed by atoms with van der Waals surface area (Å²) in [5, 5.41) is 2.84. The zero-order chi connectivity index (χ0) is 28.7. The van der Waals surface area contributed by atoms with E-state index in [1.807, 2.05) is 0 Å². The van der Waals surface area contributed by atoms with E-state index in [4.69, 9.17) is 4.52 Å². The van der Waals surface area contributed by atoms with Gasteiger partial charge in [-0.1, -0.05) is 42.0 Å². The molecule has 0 bridgehead atoms. The fraction of sp³-hybridized carbons (Fsp3) is 0.310. The Morgan fingerprint density at radius 1 is 1.10 bits per heavy atom. The number of aromatic nitrogens is 1. The van der Waals surface area contributed by atoms with Crippen LogP contribution in [0.3, 0.4) is 0 Å². The number of amides is 1. The van der Waals surface area contributed by atoms with E-state index >= 15 is 0 Å². The largest absolute Gasteiger partial charge is 0.470 e. The molecule has 0 saturated carbocycles. The van der Waals surface area contributed by atoms with Gasteiger partial charge in [-0.3, -0.25) is 14.3 Å². The summed E-state index contributed by atoms with van der Waals surface area (Å²) in [7, 11) is -5.49. The summed E-state index contributed by atoms with van der Waals surface area (Å²) in [6, 6.07) is 17.2. The average molecular weight is 573 g/mol. The molecule has 40 heavy (non-hydrogen) atoms. The maximum absolute atomic E-state index is 14.7. The topological polar surface area (TPSA) is 109 Å². The zero-order valence-electron chi connectivity index (χ0n) is 21.6. The normalized spacial score (nSPS) is 21.0. The number of nitrogens with zero attached hydrogens (tertiary/aromatic N) is 1. The lowest BCUT2D eigenvalue weighted by molar-refractivity contribution is -0.271. The number of hydrogen-bond donors (Lipinski definition) is 3. The van der Waals surface area contributed by atoms with Crippen LogP contribution in [0.15, 0.2) is 72.4 Å². The van der Waals surface area contributed by atoms with Crippen molar-refractivity contribution in [1.29, 1.82) is 0 Å². The van der Waals surface area contributed by atoms with E-state index in [-0.39, 0.29) is 25.2 Å². The van der Waals surface area contributed by atoms with Crippen molar-refractivity contribution in [3.05, 3.63) is 100 Å². The van der Waals surface area contributed by atoms with Crippen LogP contribution in [-0.2, 0) is 21.9 Å². The van der Waals surface area contributed by atoms with Crippen molar-refractivity contribution < 1.29 is 36.8 Å². The molecule has 3 N–H and O–H groups in total. The van der Waals surface area contributed by atoms with Gasteiger partial charge in [0.25, 0.3) is 5.91 Å². The number of fused-ring (bicyclic) bond motifs is 2. The van der Waals surface area contributed by atoms with Crippen molar-refractivity contribution in [2.45, 2.75) is 50.8 Å². The Morgan fingerprint density at radius 3 is 2.52 bits per heavy atom. The van der Waals surface area contributed by atoms with E-state index < -0.39 is 31.9 Å². The third kappa shape index (κ3) is 5.49. The Balaban J connectivity index is 1.55. The van der Waals surface area contributed by atoms with E-state index in [1.54, 1.807) is 73.8 Å². The second-order valence-electron chi connectivity index (χ2n) is 10.2. The molecule has 11 heteroatoms. The minimum atomic E-state index is -5.49. The molecular formula is C29H28F3N2O5P. The van der Waals surface area contributed by atoms with Crippen LogP contribution in [0.5, 0.6) is 0 Å². The van der Waals surface area contributed by atoms with E-state index in [2.05, 4.69) is 10.3 Å². The van der Waals surface area contributed by atoms with Gasteiger partial charge in [0.15, 0.2) is 5.60 Å². The molecule has 0 spiro atoms. The number of hydrogen-bond acceptors (Lipinski definition) is 4. The highest BCUT2D eigenvalue weighted by Crippen LogP contribution is 2.60. The SMILES string of the molecule is Cc1ncccc1NC(=O)c1ccc2c(c1)CCC1=C2CC[C@](OP(=O)(O)O)(C(F)(F)F)[C@H]1Cc1ccccc1. The maximum Gasteiger partial charge on any atom is 0.470 e. The standard InChI is InChI=1S/C29H28F3N2O5P/c1-18-26(8-5-15-33-18)34-27(35)21-10-11-22-20(17-21)9-12-24-23(22)13-14-28(29(30,31)32,39-40(36,37)38)25(24)16-19-6-3-2-4-7-19/h2-8,10-11,15,17,25H,9,12-14,16H2,1H3,(H,34,35)(H2,36,37,38)/t25-,28+/m0/s1. The highest BCUT2D eigenvalue weighted by molar-refractivity contribution is 7.46. The van der Waals surface area contributed by atoms with Gasteiger partial charge >= 0.3 is 14.0 Å². The second kappa shape index (κ2) is 10.6. The summed E-state index contributed by atoms with van der Waals surface area (Å²) in [5.41, 5.74) is 2.01. The number of pyridine rings is 1. The Morgan fingerprint density at radius 2 is 1.85 bits per heavy atom. The van der Waals surface area contributed by atoms with Gasteiger partial charge in [0.05, 0.1) is 11.4 Å². The van der Waals surface area contributed by atoms with Crippen LogP contribution in [0, 0.1) is 12.8 Å². The summed E-state index contributed by atoms with van der Waals surface area (Å²) in [5.74, 6) is -1.66. The Labute approximate surface area is 229 Å². The molecule has 2 aliphatic carbocycles. The summed E-state index contributed by atoms with van der Waals surface area (Å²) >= 11 is 0. The first-order valence-electron chi connectivity index (χ1n) is 12.8. The molecule has 1 amide bonds. The van der Waals surface area contributed by atoms with Crippen LogP contribution in [-0.4, -0.2) is 32.5 Å². The van der Waals surface area contributed by atoms with Gasteiger partial charge in [-0.2, -0.15) is 13.2 Å². The third-order valence-electron chi connectivity index (χ3n) is 7.77. The Kier molecular flexibility index (Phi) is 7.48. The van der Waals surface area contributed by atoms with Gasteiger partial charge in [-0.25, -0.2) is 4.57 Å². The molecule has 1 aromatic heterocycles. The lowest BCUT2D eigenvalue weighted by Crippen LogP contribution is -2.56. The number of allylic oxidation sites excluding steroid dienone is 1. The van der Waals surface area contributed by atoms with Gasteiger partial charge in [-0.15, -0.1) is 0 Å². The number of rotatable bonds is 6. The number of carbonyl (C=O) groups excluding carboxylic acids is 1. The number of alkyl halides is 3. The Hall–Kier alpha value is -3.30. The number of benzene rings is 2. The van der Waals surface area contributed by atoms with Crippen molar-refractivity contribution in [2.75, 3.05) is 5.32 Å². The molecule has 3 aromatic rings. The monoisotopic (exact) mass is 572 g/mol. The number of nitrogens with one attached hydrogen (secondary N) is 1. The van der Waals surface area contributed by atoms with E-state index in [0.29, 0.717) is 40.1 Å². The molecule has 1 heterocycles. The maximum atomic E-state index is 14.7. The highest BCUT2D eigenvalue weighted by atomic mass is 31.2. The molecule has 5 rings (SSSR count). The summed E-state index contributed by atoms with van der Waals surface area (Å²) in [4.78, 5) is 36.3. The highest BCUT2D eigenvalue weighted by Gasteiger charge is 2.65. The molecule has 2 aromatic carbocycles. The number of aryl methyl sites for hydroxylation is 2. The van der Waals surface area contributed by atoms with Crippen molar-refractivity contribution in [3.8, 4) is 0 Å². The molecule has 0 unspecified atom stereocenters. The first-order chi connectivity index (χ1) is 18.9. The Bertz CT molecular complexity index is 1520. The quantitative estimate of drug-likeness (QED) is 0.295. The second-order valence-corrected chi connectivity index (χ2v) is 11.3. The minimum Gasteiger partial charge on any atom is -0.320 e. The van der Waals surface area contributed by atoms with Crippen LogP contribution in [0.25, 0.3) is 5.57 Å². The summed E-state index contributed by atoms with van der Waals surface area (Å²) in [6.45, 7) is 1.78. The third-order valence-corrected chi connectivity index (χ3v) is 8.34. The number of phosphoric ester groups is 1. The predicted molar refractivity (Wildman–Crippen MR) is 143 cm³/mol. The number of carbonyl (C=O) groups is 1. The molecule has 0 radical (unpaired) electrons. The fourth-order valence-electron chi connectivity index (χ4n) is 5.94. The first kappa shape index (κ1) is 28.2. The smallest absolute Gasteiger partial charge is 0.320 e. The van der Waals surface area contributed by atoms with Crippen molar-refractivity contribution in [3.63, 3.8) is 0 Å². The van der Waals surface area contributed by atoms with Gasteiger partial charge in [-0.05, 0) is 85.6 Å². The molecule has 0 saturated heterocycles. The number of phosphoric acid groups is 1. The first-order valence-corrected chi connectivity index (χ1v) is 14.4. The molecule has 0 fully saturated rings. The molecule has 2 atom stereocenters. The fourth-order valence-corrected chi connectivity index (χ4v) is 6.68. The van der Waals surface area contributed by atoms with Gasteiger partial charge in [0.2, 0.25) is 0 Å². The minimum absolute atomic E-state index is 0.0758. The van der Waals surface area contributed by atoms with Crippen molar-refractivity contribution in [1.82, 2.24) is 4.98 Å². The van der Waals surface area contributed by atoms with Gasteiger partial charge in [0, 0.05) is 17.7 Å². The average Bonchev–Trinajstić information content (AvgIpc) is 2.90. The lowest BCUT2D eigenvalue weighted by atomic mass is 9.64. The van der Waals surface area contributed by atoms with Crippen molar-refractivity contribution >= 4 is 25.0 Å². The number of halogens is 3. The lowest BCUT2D eigenvalue weighted by Gasteiger charge is -2.47. The van der Waals surface area contributed by atoms with Crippen molar-refractivity contribution in [2.24, 2.45) is 5.92 Å². The van der Waals surface area contributed by atoms with Crippen LogP contribution in [0.4, 0.5) is 18.9 Å². The van der Waals surface area contributed by atoms with Gasteiger partial charge in [0.1, 0.15) is 0 Å². The summed E-state index contributed by atoms with van der Waals surface area (Å²) < 4.78 is 60.8. The van der Waals surface area contributed by atoms with Gasteiger partial charge < -0.3 is 15.1 Å². The molecule has 0 aliphatic heterocycles. The zero-order valence-corrected chi connectivity index (χ0v) is 22.5. The molecule has 210 valence electrons. The molecule has 2 aliphatic rings. The van der Waals surface area contributed by atoms with E-state index in [9.17, 15) is 32.3 Å². The van der Waals surface area contributed by atoms with Crippen LogP contribution >= 0.6 is 7.82 Å². The van der Waals surface area contributed by atoms with Crippen LogP contribution in [0.2, 0.25) is 0 Å². The van der Waals surface area contributed by atoms with Crippen LogP contribution < -0.4 is 5.32 Å².